The highest BCUT2D eigenvalue weighted by Gasteiger charge is 2.31. The van der Waals surface area contributed by atoms with Gasteiger partial charge in [-0.3, -0.25) is 4.79 Å². The molecular weight excluding hydrogens is 272 g/mol. The summed E-state index contributed by atoms with van der Waals surface area (Å²) < 4.78 is 5.38. The molecule has 0 bridgehead atoms. The van der Waals surface area contributed by atoms with Crippen LogP contribution in [0.25, 0.3) is 22.3 Å². The van der Waals surface area contributed by atoms with Crippen LogP contribution in [0.1, 0.15) is 15.9 Å². The van der Waals surface area contributed by atoms with Crippen LogP contribution in [0.15, 0.2) is 66.7 Å². The van der Waals surface area contributed by atoms with Crippen LogP contribution in [0.5, 0.6) is 5.75 Å². The van der Waals surface area contributed by atoms with Gasteiger partial charge < -0.3 is 4.74 Å². The lowest BCUT2D eigenvalue weighted by Gasteiger charge is -2.07. The molecule has 1 aliphatic carbocycles. The first kappa shape index (κ1) is 12.8. The molecule has 0 fully saturated rings. The van der Waals surface area contributed by atoms with Gasteiger partial charge in [0.2, 0.25) is 0 Å². The number of benzene rings is 3. The Kier molecular flexibility index (Phi) is 2.83. The number of fused-ring (bicyclic) bond motifs is 3. The van der Waals surface area contributed by atoms with E-state index in [-0.39, 0.29) is 5.78 Å². The van der Waals surface area contributed by atoms with Gasteiger partial charge in [0, 0.05) is 5.56 Å². The number of rotatable bonds is 2. The molecule has 0 aliphatic heterocycles. The first-order valence-corrected chi connectivity index (χ1v) is 7.22. The number of ether oxygens (including phenoxy) is 1. The average molecular weight is 286 g/mol. The Bertz CT molecular complexity index is 879. The second kappa shape index (κ2) is 4.85. The van der Waals surface area contributed by atoms with Gasteiger partial charge in [-0.05, 0) is 28.3 Å². The summed E-state index contributed by atoms with van der Waals surface area (Å²) >= 11 is 0. The van der Waals surface area contributed by atoms with Crippen molar-refractivity contribution < 1.29 is 9.53 Å². The van der Waals surface area contributed by atoms with Gasteiger partial charge in [-0.15, -0.1) is 0 Å². The van der Waals surface area contributed by atoms with E-state index in [1.807, 2.05) is 66.7 Å². The van der Waals surface area contributed by atoms with Gasteiger partial charge in [-0.2, -0.15) is 0 Å². The van der Waals surface area contributed by atoms with Crippen molar-refractivity contribution in [2.24, 2.45) is 0 Å². The van der Waals surface area contributed by atoms with Gasteiger partial charge in [0.15, 0.2) is 5.78 Å². The molecule has 2 nitrogen and oxygen atoms in total. The van der Waals surface area contributed by atoms with E-state index < -0.39 is 0 Å². The smallest absolute Gasteiger partial charge is 0.198 e. The minimum Gasteiger partial charge on any atom is -0.496 e. The Hall–Kier alpha value is -2.87. The van der Waals surface area contributed by atoms with Crippen molar-refractivity contribution in [1.29, 1.82) is 0 Å². The van der Waals surface area contributed by atoms with E-state index in [0.717, 1.165) is 27.8 Å². The fourth-order valence-corrected chi connectivity index (χ4v) is 3.16. The van der Waals surface area contributed by atoms with Crippen LogP contribution in [0.2, 0.25) is 0 Å². The van der Waals surface area contributed by atoms with Gasteiger partial charge in [-0.1, -0.05) is 60.7 Å². The number of ketones is 1. The topological polar surface area (TPSA) is 26.3 Å². The molecule has 0 unspecified atom stereocenters. The quantitative estimate of drug-likeness (QED) is 0.539. The number of hydrogen-bond donors (Lipinski definition) is 0. The van der Waals surface area contributed by atoms with Crippen LogP contribution in [-0.2, 0) is 0 Å². The summed E-state index contributed by atoms with van der Waals surface area (Å²) in [4.78, 5) is 13.0. The zero-order valence-electron chi connectivity index (χ0n) is 12.2. The van der Waals surface area contributed by atoms with Crippen molar-refractivity contribution in [1.82, 2.24) is 0 Å². The predicted molar refractivity (Wildman–Crippen MR) is 87.3 cm³/mol. The first-order valence-electron chi connectivity index (χ1n) is 7.22. The standard InChI is InChI=1S/C20H14O2/c1-22-17-12-6-11-16-15-10-5-9-14(13-7-3-2-4-8-13)18(15)20(21)19(16)17/h2-12H,1H3. The summed E-state index contributed by atoms with van der Waals surface area (Å²) in [6.07, 6.45) is 0. The molecule has 0 saturated heterocycles. The monoisotopic (exact) mass is 286 g/mol. The maximum absolute atomic E-state index is 13.0. The van der Waals surface area contributed by atoms with E-state index >= 15 is 0 Å². The molecule has 0 amide bonds. The summed E-state index contributed by atoms with van der Waals surface area (Å²) in [5, 5.41) is 0. The normalized spacial score (nSPS) is 12.0. The molecule has 4 rings (SSSR count). The molecule has 22 heavy (non-hydrogen) atoms. The lowest BCUT2D eigenvalue weighted by Crippen LogP contribution is -2.00. The summed E-state index contributed by atoms with van der Waals surface area (Å²) in [7, 11) is 1.60. The summed E-state index contributed by atoms with van der Waals surface area (Å²) in [6.45, 7) is 0. The van der Waals surface area contributed by atoms with Crippen molar-refractivity contribution in [3.8, 4) is 28.0 Å². The third kappa shape index (κ3) is 1.70. The van der Waals surface area contributed by atoms with Gasteiger partial charge in [0.05, 0.1) is 12.7 Å². The van der Waals surface area contributed by atoms with E-state index in [1.165, 1.54) is 0 Å². The van der Waals surface area contributed by atoms with Gasteiger partial charge in [0.25, 0.3) is 0 Å². The van der Waals surface area contributed by atoms with E-state index in [4.69, 9.17) is 4.74 Å². The van der Waals surface area contributed by atoms with Crippen molar-refractivity contribution >= 4 is 5.78 Å². The molecule has 0 N–H and O–H groups in total. The predicted octanol–water partition coefficient (Wildman–Crippen LogP) is 4.57. The van der Waals surface area contributed by atoms with Gasteiger partial charge >= 0.3 is 0 Å². The second-order valence-electron chi connectivity index (χ2n) is 5.31. The molecule has 1 aliphatic rings. The van der Waals surface area contributed by atoms with Crippen molar-refractivity contribution in [2.75, 3.05) is 7.11 Å². The van der Waals surface area contributed by atoms with E-state index in [9.17, 15) is 4.79 Å². The van der Waals surface area contributed by atoms with Crippen LogP contribution < -0.4 is 4.74 Å². The third-order valence-electron chi connectivity index (χ3n) is 4.14. The Morgan fingerprint density at radius 2 is 1.32 bits per heavy atom. The molecule has 0 radical (unpaired) electrons. The fraction of sp³-hybridized carbons (Fsp3) is 0.0500. The molecule has 0 spiro atoms. The minimum absolute atomic E-state index is 0.0434. The zero-order chi connectivity index (χ0) is 15.1. The molecule has 0 heterocycles. The van der Waals surface area contributed by atoms with Crippen LogP contribution in [0.4, 0.5) is 0 Å². The van der Waals surface area contributed by atoms with E-state index in [0.29, 0.717) is 11.3 Å². The molecule has 2 heteroatoms. The Morgan fingerprint density at radius 3 is 2.05 bits per heavy atom. The molecule has 0 saturated carbocycles. The number of carbonyl (C=O) groups is 1. The molecule has 3 aromatic rings. The van der Waals surface area contributed by atoms with E-state index in [1.54, 1.807) is 7.11 Å². The third-order valence-corrected chi connectivity index (χ3v) is 4.14. The van der Waals surface area contributed by atoms with Crippen LogP contribution >= 0.6 is 0 Å². The van der Waals surface area contributed by atoms with Crippen molar-refractivity contribution in [3.05, 3.63) is 77.9 Å². The number of carbonyl (C=O) groups excluding carboxylic acids is 1. The maximum atomic E-state index is 13.0. The lowest BCUT2D eigenvalue weighted by atomic mass is 9.95. The largest absolute Gasteiger partial charge is 0.496 e. The Morgan fingerprint density at radius 1 is 0.682 bits per heavy atom. The highest BCUT2D eigenvalue weighted by Crippen LogP contribution is 2.44. The first-order chi connectivity index (χ1) is 10.8. The molecule has 106 valence electrons. The highest BCUT2D eigenvalue weighted by molar-refractivity contribution is 6.26. The molecule has 3 aromatic carbocycles. The van der Waals surface area contributed by atoms with Crippen LogP contribution in [0, 0.1) is 0 Å². The summed E-state index contributed by atoms with van der Waals surface area (Å²) in [5.74, 6) is 0.680. The van der Waals surface area contributed by atoms with Gasteiger partial charge in [-0.25, -0.2) is 0 Å². The molecular formula is C20H14O2. The Balaban J connectivity index is 2.01. The highest BCUT2D eigenvalue weighted by atomic mass is 16.5. The maximum Gasteiger partial charge on any atom is 0.198 e. The zero-order valence-corrected chi connectivity index (χ0v) is 12.2. The van der Waals surface area contributed by atoms with Crippen LogP contribution in [-0.4, -0.2) is 12.9 Å². The second-order valence-corrected chi connectivity index (χ2v) is 5.31. The minimum atomic E-state index is 0.0434. The van der Waals surface area contributed by atoms with Crippen molar-refractivity contribution in [3.63, 3.8) is 0 Å². The molecule has 0 aromatic heterocycles. The van der Waals surface area contributed by atoms with Crippen LogP contribution in [0.3, 0.4) is 0 Å². The number of hydrogen-bond acceptors (Lipinski definition) is 2. The lowest BCUT2D eigenvalue weighted by molar-refractivity contribution is 0.104. The SMILES string of the molecule is COc1cccc2c1C(=O)c1c(-c3ccccc3)cccc1-2. The molecule has 0 atom stereocenters. The number of methoxy groups -OCH3 is 1. The average Bonchev–Trinajstić information content (AvgIpc) is 2.89. The summed E-state index contributed by atoms with van der Waals surface area (Å²) in [6, 6.07) is 21.8. The van der Waals surface area contributed by atoms with Gasteiger partial charge in [0.1, 0.15) is 5.75 Å². The van der Waals surface area contributed by atoms with E-state index in [2.05, 4.69) is 0 Å². The van der Waals surface area contributed by atoms with Crippen molar-refractivity contribution in [2.45, 2.75) is 0 Å². The Labute approximate surface area is 129 Å². The summed E-state index contributed by atoms with van der Waals surface area (Å²) in [5.41, 5.74) is 5.41. The fourth-order valence-electron chi connectivity index (χ4n) is 3.16.